The molecule has 1 heterocycles. The molecule has 0 radical (unpaired) electrons. The fourth-order valence-electron chi connectivity index (χ4n) is 3.04. The second kappa shape index (κ2) is 9.52. The maximum atomic E-state index is 13.4. The van der Waals surface area contributed by atoms with E-state index in [-0.39, 0.29) is 5.70 Å². The number of nitrogens with one attached hydrogen (secondary N) is 2. The fourth-order valence-corrected chi connectivity index (χ4v) is 3.37. The first-order chi connectivity index (χ1) is 12.4. The summed E-state index contributed by atoms with van der Waals surface area (Å²) in [5.41, 5.74) is 0.509. The van der Waals surface area contributed by atoms with E-state index in [1.807, 2.05) is 7.05 Å². The molecule has 2 N–H and O–H groups in total. The number of urea groups is 1. The Morgan fingerprint density at radius 2 is 2.12 bits per heavy atom. The molecule has 1 saturated carbocycles. The summed E-state index contributed by atoms with van der Waals surface area (Å²) >= 11 is 3.38. The Hall–Kier alpha value is -2.15. The number of allylic oxidation sites excluding steroid dienone is 3. The van der Waals surface area contributed by atoms with Crippen LogP contribution in [0.3, 0.4) is 0 Å². The van der Waals surface area contributed by atoms with E-state index in [9.17, 15) is 9.18 Å². The number of hydrogen-bond donors (Lipinski definition) is 2. The van der Waals surface area contributed by atoms with Crippen molar-refractivity contribution in [3.05, 3.63) is 53.6 Å². The average Bonchev–Trinajstić information content (AvgIpc) is 2.61. The predicted octanol–water partition coefficient (Wildman–Crippen LogP) is 5.29. The number of pyridine rings is 1. The van der Waals surface area contributed by atoms with Gasteiger partial charge in [-0.15, -0.1) is 0 Å². The summed E-state index contributed by atoms with van der Waals surface area (Å²) in [7, 11) is 1.99. The lowest BCUT2D eigenvalue weighted by atomic mass is 9.94. The minimum Gasteiger partial charge on any atom is -0.355 e. The lowest BCUT2D eigenvalue weighted by Gasteiger charge is -2.33. The second-order valence-electron chi connectivity index (χ2n) is 6.23. The number of nitrogens with zero attached hydrogens (tertiary/aromatic N) is 2. The summed E-state index contributed by atoms with van der Waals surface area (Å²) in [6.07, 6.45) is 10.3. The maximum absolute atomic E-state index is 13.4. The molecule has 1 aliphatic carbocycles. The molecular formula is C19H24BrFN4O. The predicted molar refractivity (Wildman–Crippen MR) is 108 cm³/mol. The molecule has 1 aromatic heterocycles. The number of hydrogen-bond acceptors (Lipinski definition) is 3. The number of carbonyl (C=O) groups excluding carboxylic acids is 1. The van der Waals surface area contributed by atoms with Gasteiger partial charge in [-0.05, 0) is 40.9 Å². The number of halogens is 2. The van der Waals surface area contributed by atoms with Crippen molar-refractivity contribution >= 4 is 33.5 Å². The highest BCUT2D eigenvalue weighted by molar-refractivity contribution is 9.10. The molecule has 0 aliphatic heterocycles. The molecule has 1 aromatic rings. The lowest BCUT2D eigenvalue weighted by molar-refractivity contribution is 0.254. The molecule has 1 aliphatic rings. The van der Waals surface area contributed by atoms with E-state index < -0.39 is 11.9 Å². The van der Waals surface area contributed by atoms with E-state index in [4.69, 9.17) is 0 Å². The summed E-state index contributed by atoms with van der Waals surface area (Å²) in [4.78, 5) is 18.9. The van der Waals surface area contributed by atoms with Crippen molar-refractivity contribution in [2.24, 2.45) is 0 Å². The van der Waals surface area contributed by atoms with E-state index in [0.717, 1.165) is 17.3 Å². The molecule has 2 amide bonds. The van der Waals surface area contributed by atoms with Gasteiger partial charge in [0.25, 0.3) is 0 Å². The summed E-state index contributed by atoms with van der Waals surface area (Å²) < 4.78 is 14.1. The van der Waals surface area contributed by atoms with E-state index >= 15 is 0 Å². The van der Waals surface area contributed by atoms with Crippen molar-refractivity contribution in [2.45, 2.75) is 38.1 Å². The average molecular weight is 423 g/mol. The van der Waals surface area contributed by atoms with Crippen LogP contribution >= 0.6 is 15.9 Å². The van der Waals surface area contributed by atoms with Crippen molar-refractivity contribution in [2.75, 3.05) is 17.3 Å². The minimum absolute atomic E-state index is 0.0392. The third-order valence-electron chi connectivity index (χ3n) is 4.36. The Morgan fingerprint density at radius 1 is 1.42 bits per heavy atom. The number of rotatable bonds is 6. The molecule has 140 valence electrons. The van der Waals surface area contributed by atoms with Gasteiger partial charge in [0.1, 0.15) is 5.83 Å². The van der Waals surface area contributed by atoms with Gasteiger partial charge >= 0.3 is 6.03 Å². The summed E-state index contributed by atoms with van der Waals surface area (Å²) in [6, 6.07) is 1.60. The Bertz CT molecular complexity index is 713. The molecule has 0 atom stereocenters. The van der Waals surface area contributed by atoms with Crippen molar-refractivity contribution < 1.29 is 9.18 Å². The second-order valence-corrected chi connectivity index (χ2v) is 7.14. The lowest BCUT2D eigenvalue weighted by Crippen LogP contribution is -2.35. The summed E-state index contributed by atoms with van der Waals surface area (Å²) in [5.74, 6) is -0.0597. The molecule has 0 saturated heterocycles. The zero-order chi connectivity index (χ0) is 19.1. The van der Waals surface area contributed by atoms with Gasteiger partial charge in [-0.3, -0.25) is 0 Å². The Labute approximate surface area is 162 Å². The van der Waals surface area contributed by atoms with Crippen molar-refractivity contribution in [1.82, 2.24) is 10.3 Å². The first kappa shape index (κ1) is 20.2. The largest absolute Gasteiger partial charge is 0.355 e. The van der Waals surface area contributed by atoms with Gasteiger partial charge in [0.05, 0.1) is 11.4 Å². The Kier molecular flexibility index (Phi) is 7.38. The molecule has 0 aromatic carbocycles. The van der Waals surface area contributed by atoms with E-state index in [2.05, 4.69) is 49.6 Å². The van der Waals surface area contributed by atoms with Crippen molar-refractivity contribution in [3.8, 4) is 0 Å². The molecule has 7 heteroatoms. The standard InChI is InChI=1S/C19H24BrFN4O/c1-4-8-16(13(2)21)23-19(26)24-17-11-14(20)12-22-18(17)25(3)15-9-6-5-7-10-15/h4,8,11-12,15H,1-2,5-7,9-10H2,3H3,(H2,23,24,26)/b16-8+. The molecular weight excluding hydrogens is 399 g/mol. The molecule has 0 unspecified atom stereocenters. The summed E-state index contributed by atoms with van der Waals surface area (Å²) in [6.45, 7) is 6.70. The Morgan fingerprint density at radius 3 is 2.73 bits per heavy atom. The number of anilines is 2. The Balaban J connectivity index is 2.18. The SMILES string of the molecule is C=C/C=C(/NC(=O)Nc1cc(Br)cnc1N(C)C1CCCCC1)C(=C)F. The number of amides is 2. The van der Waals surface area contributed by atoms with Crippen LogP contribution in [-0.2, 0) is 0 Å². The highest BCUT2D eigenvalue weighted by Gasteiger charge is 2.22. The number of carbonyl (C=O) groups is 1. The zero-order valence-corrected chi connectivity index (χ0v) is 16.5. The molecule has 0 spiro atoms. The van der Waals surface area contributed by atoms with Crippen LogP contribution in [0, 0.1) is 0 Å². The third-order valence-corrected chi connectivity index (χ3v) is 4.80. The molecule has 1 fully saturated rings. The monoisotopic (exact) mass is 422 g/mol. The topological polar surface area (TPSA) is 57.3 Å². The highest BCUT2D eigenvalue weighted by Crippen LogP contribution is 2.31. The fraction of sp³-hybridized carbons (Fsp3) is 0.368. The van der Waals surface area contributed by atoms with Gasteiger partial charge in [-0.25, -0.2) is 14.2 Å². The highest BCUT2D eigenvalue weighted by atomic mass is 79.9. The molecule has 2 rings (SSSR count). The first-order valence-electron chi connectivity index (χ1n) is 8.56. The quantitative estimate of drug-likeness (QED) is 0.612. The number of aromatic nitrogens is 1. The summed E-state index contributed by atoms with van der Waals surface area (Å²) in [5, 5.41) is 5.18. The zero-order valence-electron chi connectivity index (χ0n) is 14.9. The van der Waals surface area contributed by atoms with Crippen LogP contribution in [0.4, 0.5) is 20.7 Å². The van der Waals surface area contributed by atoms with Crippen LogP contribution in [-0.4, -0.2) is 24.1 Å². The van der Waals surface area contributed by atoms with Gasteiger partial charge in [0, 0.05) is 23.8 Å². The van der Waals surface area contributed by atoms with E-state index in [1.54, 1.807) is 12.3 Å². The van der Waals surface area contributed by atoms with Crippen LogP contribution < -0.4 is 15.5 Å². The molecule has 26 heavy (non-hydrogen) atoms. The van der Waals surface area contributed by atoms with Crippen LogP contribution in [0.1, 0.15) is 32.1 Å². The molecule has 5 nitrogen and oxygen atoms in total. The van der Waals surface area contributed by atoms with Crippen LogP contribution in [0.5, 0.6) is 0 Å². The van der Waals surface area contributed by atoms with Gasteiger partial charge in [-0.1, -0.05) is 38.5 Å². The minimum atomic E-state index is -0.744. The van der Waals surface area contributed by atoms with Crippen LogP contribution in [0.15, 0.2) is 53.6 Å². The third kappa shape index (κ3) is 5.42. The van der Waals surface area contributed by atoms with Crippen molar-refractivity contribution in [1.29, 1.82) is 0 Å². The smallest absolute Gasteiger partial charge is 0.323 e. The van der Waals surface area contributed by atoms with Crippen LogP contribution in [0.25, 0.3) is 0 Å². The van der Waals surface area contributed by atoms with E-state index in [1.165, 1.54) is 31.4 Å². The first-order valence-corrected chi connectivity index (χ1v) is 9.35. The van der Waals surface area contributed by atoms with Gasteiger partial charge in [0.2, 0.25) is 0 Å². The van der Waals surface area contributed by atoms with Gasteiger partial charge in [-0.2, -0.15) is 0 Å². The maximum Gasteiger partial charge on any atom is 0.323 e. The van der Waals surface area contributed by atoms with Crippen molar-refractivity contribution in [3.63, 3.8) is 0 Å². The molecule has 0 bridgehead atoms. The van der Waals surface area contributed by atoms with E-state index in [0.29, 0.717) is 17.5 Å². The van der Waals surface area contributed by atoms with Gasteiger partial charge in [0.15, 0.2) is 5.82 Å². The van der Waals surface area contributed by atoms with Crippen LogP contribution in [0.2, 0.25) is 0 Å². The van der Waals surface area contributed by atoms with Gasteiger partial charge < -0.3 is 15.5 Å². The normalized spacial score (nSPS) is 15.3.